The van der Waals surface area contributed by atoms with Crippen LogP contribution in [-0.4, -0.2) is 52.6 Å². The third-order valence-electron chi connectivity index (χ3n) is 3.07. The highest BCUT2D eigenvalue weighted by Crippen LogP contribution is 2.37. The van der Waals surface area contributed by atoms with Crippen LogP contribution in [0, 0.1) is 5.41 Å². The molecule has 6 nitrogen and oxygen atoms in total. The van der Waals surface area contributed by atoms with Gasteiger partial charge in [-0.15, -0.1) is 0 Å². The van der Waals surface area contributed by atoms with Crippen LogP contribution in [0.2, 0.25) is 0 Å². The number of hydrogen-bond acceptors (Lipinski definition) is 6. The molecular weight excluding hydrogens is 284 g/mol. The molecule has 2 unspecified atom stereocenters. The molecule has 0 aliphatic carbocycles. The molecule has 2 aliphatic heterocycles. The molecule has 0 aromatic carbocycles. The number of nitrogens with zero attached hydrogens (tertiary/aromatic N) is 3. The van der Waals surface area contributed by atoms with E-state index in [1.165, 1.54) is 16.8 Å². The average molecular weight is 296 g/mol. The van der Waals surface area contributed by atoms with Crippen molar-refractivity contribution in [3.05, 3.63) is 30.1 Å². The predicted molar refractivity (Wildman–Crippen MR) is 75.2 cm³/mol. The third-order valence-corrected chi connectivity index (χ3v) is 6.19. The molecule has 0 saturated carbocycles. The van der Waals surface area contributed by atoms with E-state index in [1.54, 1.807) is 24.7 Å². The Kier molecular flexibility index (Phi) is 3.06. The summed E-state index contributed by atoms with van der Waals surface area (Å²) in [5.74, 6) is 0.223. The molecule has 1 aromatic rings. The minimum Gasteiger partial charge on any atom is -0.277 e. The standard InChI is InChI=1S/C11H12N4O2S2/c12-11-15(14-5-8-2-1-3-13-4-8)9-6-19(16,17)7-10(9)18-11/h1-5,9-10,12H,6-7H2/b12-11?,14-5+. The van der Waals surface area contributed by atoms with Crippen molar-refractivity contribution >= 4 is 33.0 Å². The van der Waals surface area contributed by atoms with E-state index in [1.807, 2.05) is 6.07 Å². The fourth-order valence-corrected chi connectivity index (χ4v) is 5.92. The summed E-state index contributed by atoms with van der Waals surface area (Å²) in [6, 6.07) is 3.44. The number of hydrazone groups is 1. The molecule has 0 amide bonds. The monoisotopic (exact) mass is 296 g/mol. The normalized spacial score (nSPS) is 29.1. The van der Waals surface area contributed by atoms with Crippen LogP contribution < -0.4 is 0 Å². The van der Waals surface area contributed by atoms with Crippen molar-refractivity contribution in [1.82, 2.24) is 9.99 Å². The summed E-state index contributed by atoms with van der Waals surface area (Å²) in [7, 11) is -2.99. The molecule has 19 heavy (non-hydrogen) atoms. The molecule has 0 radical (unpaired) electrons. The zero-order valence-electron chi connectivity index (χ0n) is 9.93. The van der Waals surface area contributed by atoms with Gasteiger partial charge in [-0.2, -0.15) is 5.10 Å². The van der Waals surface area contributed by atoms with Crippen molar-refractivity contribution in [3.63, 3.8) is 0 Å². The van der Waals surface area contributed by atoms with Gasteiger partial charge in [0.15, 0.2) is 15.0 Å². The fraction of sp³-hybridized carbons (Fsp3) is 0.364. The summed E-state index contributed by atoms with van der Waals surface area (Å²) in [5, 5.41) is 13.9. The smallest absolute Gasteiger partial charge is 0.177 e. The maximum absolute atomic E-state index is 11.6. The number of aromatic nitrogens is 1. The summed E-state index contributed by atoms with van der Waals surface area (Å²) >= 11 is 1.28. The first-order chi connectivity index (χ1) is 9.05. The van der Waals surface area contributed by atoms with E-state index in [9.17, 15) is 8.42 Å². The second kappa shape index (κ2) is 4.61. The fourth-order valence-electron chi connectivity index (χ4n) is 2.20. The summed E-state index contributed by atoms with van der Waals surface area (Å²) in [6.45, 7) is 0. The van der Waals surface area contributed by atoms with Crippen molar-refractivity contribution in [3.8, 4) is 0 Å². The van der Waals surface area contributed by atoms with Crippen LogP contribution in [0.25, 0.3) is 0 Å². The van der Waals surface area contributed by atoms with Crippen molar-refractivity contribution in [2.24, 2.45) is 5.10 Å². The number of fused-ring (bicyclic) bond motifs is 1. The molecule has 100 valence electrons. The van der Waals surface area contributed by atoms with Crippen LogP contribution >= 0.6 is 11.8 Å². The number of rotatable bonds is 2. The molecule has 0 bridgehead atoms. The zero-order valence-corrected chi connectivity index (χ0v) is 11.6. The van der Waals surface area contributed by atoms with Crippen molar-refractivity contribution in [2.75, 3.05) is 11.5 Å². The van der Waals surface area contributed by atoms with Gasteiger partial charge in [0.2, 0.25) is 0 Å². The third kappa shape index (κ3) is 2.50. The first-order valence-electron chi connectivity index (χ1n) is 5.74. The van der Waals surface area contributed by atoms with Crippen molar-refractivity contribution < 1.29 is 8.42 Å². The van der Waals surface area contributed by atoms with Gasteiger partial charge in [0, 0.05) is 23.2 Å². The SMILES string of the molecule is N=C1SC2CS(=O)(=O)CC2N1/N=C/c1cccnc1. The van der Waals surface area contributed by atoms with Crippen LogP contribution in [0.15, 0.2) is 29.6 Å². The van der Waals surface area contributed by atoms with E-state index < -0.39 is 9.84 Å². The quantitative estimate of drug-likeness (QED) is 0.806. The van der Waals surface area contributed by atoms with Crippen molar-refractivity contribution in [1.29, 1.82) is 5.41 Å². The Morgan fingerprint density at radius 3 is 3.11 bits per heavy atom. The lowest BCUT2D eigenvalue weighted by Crippen LogP contribution is -2.32. The number of thioether (sulfide) groups is 1. The summed E-state index contributed by atoms with van der Waals surface area (Å²) < 4.78 is 23.2. The van der Waals surface area contributed by atoms with E-state index >= 15 is 0 Å². The summed E-state index contributed by atoms with van der Waals surface area (Å²) in [4.78, 5) is 3.97. The van der Waals surface area contributed by atoms with Crippen molar-refractivity contribution in [2.45, 2.75) is 11.3 Å². The van der Waals surface area contributed by atoms with Gasteiger partial charge in [-0.3, -0.25) is 10.4 Å². The molecule has 2 saturated heterocycles. The lowest BCUT2D eigenvalue weighted by atomic mass is 10.2. The average Bonchev–Trinajstić information content (AvgIpc) is 2.79. The molecule has 8 heteroatoms. The molecule has 0 spiro atoms. The van der Waals surface area contributed by atoms with E-state index in [0.717, 1.165) is 5.56 Å². The van der Waals surface area contributed by atoms with Gasteiger partial charge in [0.25, 0.3) is 0 Å². The molecule has 3 rings (SSSR count). The van der Waals surface area contributed by atoms with Gasteiger partial charge in [0.1, 0.15) is 0 Å². The molecule has 2 aliphatic rings. The Labute approximate surface area is 115 Å². The van der Waals surface area contributed by atoms with Crippen LogP contribution in [0.4, 0.5) is 0 Å². The predicted octanol–water partition coefficient (Wildman–Crippen LogP) is 0.565. The van der Waals surface area contributed by atoms with Gasteiger partial charge in [0.05, 0.1) is 23.8 Å². The maximum atomic E-state index is 11.6. The van der Waals surface area contributed by atoms with Gasteiger partial charge in [-0.1, -0.05) is 17.8 Å². The second-order valence-corrected chi connectivity index (χ2v) is 7.86. The number of pyridine rings is 1. The number of sulfone groups is 1. The molecular formula is C11H12N4O2S2. The van der Waals surface area contributed by atoms with E-state index in [4.69, 9.17) is 5.41 Å². The topological polar surface area (TPSA) is 86.5 Å². The Morgan fingerprint density at radius 1 is 1.53 bits per heavy atom. The van der Waals surface area contributed by atoms with E-state index in [2.05, 4.69) is 10.1 Å². The Bertz CT molecular complexity index is 629. The van der Waals surface area contributed by atoms with Crippen LogP contribution in [0.1, 0.15) is 5.56 Å². The number of nitrogens with one attached hydrogen (secondary N) is 1. The Balaban J connectivity index is 1.81. The van der Waals surface area contributed by atoms with Gasteiger partial charge in [-0.05, 0) is 6.07 Å². The van der Waals surface area contributed by atoms with Crippen LogP contribution in [-0.2, 0) is 9.84 Å². The Hall–Kier alpha value is -1.41. The maximum Gasteiger partial charge on any atom is 0.177 e. The highest BCUT2D eigenvalue weighted by atomic mass is 32.2. The highest BCUT2D eigenvalue weighted by Gasteiger charge is 2.48. The van der Waals surface area contributed by atoms with E-state index in [-0.39, 0.29) is 22.8 Å². The van der Waals surface area contributed by atoms with E-state index in [0.29, 0.717) is 5.17 Å². The lowest BCUT2D eigenvalue weighted by Gasteiger charge is -2.17. The molecule has 1 aromatic heterocycles. The first kappa shape index (κ1) is 12.6. The highest BCUT2D eigenvalue weighted by molar-refractivity contribution is 8.15. The molecule has 1 N–H and O–H groups in total. The van der Waals surface area contributed by atoms with Gasteiger partial charge >= 0.3 is 0 Å². The number of amidine groups is 1. The first-order valence-corrected chi connectivity index (χ1v) is 8.44. The second-order valence-electron chi connectivity index (χ2n) is 4.48. The molecule has 3 heterocycles. The summed E-state index contributed by atoms with van der Waals surface area (Å²) in [6.07, 6.45) is 4.94. The number of hydrogen-bond donors (Lipinski definition) is 1. The molecule has 2 fully saturated rings. The lowest BCUT2D eigenvalue weighted by molar-refractivity contribution is 0.376. The minimum absolute atomic E-state index is 0.0662. The summed E-state index contributed by atoms with van der Waals surface area (Å²) in [5.41, 5.74) is 0.824. The largest absolute Gasteiger partial charge is 0.277 e. The minimum atomic E-state index is -2.99. The Morgan fingerprint density at radius 2 is 2.37 bits per heavy atom. The van der Waals surface area contributed by atoms with Crippen LogP contribution in [0.3, 0.4) is 0 Å². The zero-order chi connectivity index (χ0) is 13.5. The van der Waals surface area contributed by atoms with Gasteiger partial charge in [-0.25, -0.2) is 13.4 Å². The molecule has 2 atom stereocenters. The van der Waals surface area contributed by atoms with Gasteiger partial charge < -0.3 is 0 Å². The van der Waals surface area contributed by atoms with Crippen LogP contribution in [0.5, 0.6) is 0 Å².